The van der Waals surface area contributed by atoms with Crippen molar-refractivity contribution in [2.45, 2.75) is 32.2 Å². The van der Waals surface area contributed by atoms with Gasteiger partial charge in [-0.25, -0.2) is 14.5 Å². The van der Waals surface area contributed by atoms with E-state index in [1.165, 1.54) is 4.88 Å². The van der Waals surface area contributed by atoms with Crippen molar-refractivity contribution in [2.24, 2.45) is 11.1 Å². The molecule has 4 aromatic rings. The number of nitrogens with zero attached hydrogens (tertiary/aromatic N) is 5. The van der Waals surface area contributed by atoms with Gasteiger partial charge in [-0.2, -0.15) is 5.10 Å². The number of anilines is 1. The van der Waals surface area contributed by atoms with E-state index in [0.29, 0.717) is 0 Å². The average Bonchev–Trinajstić information content (AvgIpc) is 3.48. The average molecular weight is 417 g/mol. The van der Waals surface area contributed by atoms with Crippen LogP contribution in [0.5, 0.6) is 0 Å². The first-order valence-corrected chi connectivity index (χ1v) is 11.4. The molecular weight excluding hydrogens is 392 g/mol. The van der Waals surface area contributed by atoms with Crippen LogP contribution in [0.4, 0.5) is 5.82 Å². The van der Waals surface area contributed by atoms with E-state index in [0.717, 1.165) is 66.3 Å². The topological polar surface area (TPSA) is 72.3 Å². The lowest BCUT2D eigenvalue weighted by molar-refractivity contribution is 0.186. The second kappa shape index (κ2) is 6.62. The molecule has 152 valence electrons. The van der Waals surface area contributed by atoms with E-state index in [1.807, 2.05) is 22.3 Å². The molecule has 30 heavy (non-hydrogen) atoms. The number of fused-ring (bicyclic) bond motifs is 2. The molecule has 4 heterocycles. The van der Waals surface area contributed by atoms with Crippen molar-refractivity contribution in [3.05, 3.63) is 64.4 Å². The lowest BCUT2D eigenvalue weighted by Gasteiger charge is -2.42. The second-order valence-electron chi connectivity index (χ2n) is 8.53. The number of hydrogen-bond donors (Lipinski definition) is 1. The Hall–Kier alpha value is -2.77. The van der Waals surface area contributed by atoms with Crippen molar-refractivity contribution in [2.75, 3.05) is 18.0 Å². The summed E-state index contributed by atoms with van der Waals surface area (Å²) in [5.41, 5.74) is 14.1. The normalized spacial score (nSPS) is 20.2. The van der Waals surface area contributed by atoms with Gasteiger partial charge in [0.05, 0.1) is 34.8 Å². The quantitative estimate of drug-likeness (QED) is 0.535. The van der Waals surface area contributed by atoms with E-state index >= 15 is 0 Å². The molecule has 1 fully saturated rings. The molecule has 1 saturated heterocycles. The number of thiazole rings is 1. The number of piperidine rings is 1. The molecule has 6 rings (SSSR count). The summed E-state index contributed by atoms with van der Waals surface area (Å²) in [6.07, 6.45) is 5.08. The van der Waals surface area contributed by atoms with Gasteiger partial charge >= 0.3 is 0 Å². The fourth-order valence-electron chi connectivity index (χ4n) is 5.27. The van der Waals surface area contributed by atoms with Crippen molar-refractivity contribution in [3.8, 4) is 11.3 Å². The molecule has 7 heteroatoms. The zero-order chi connectivity index (χ0) is 20.3. The third kappa shape index (κ3) is 2.55. The van der Waals surface area contributed by atoms with Gasteiger partial charge in [0.1, 0.15) is 5.52 Å². The van der Waals surface area contributed by atoms with Crippen LogP contribution in [0.1, 0.15) is 35.1 Å². The molecule has 0 saturated carbocycles. The summed E-state index contributed by atoms with van der Waals surface area (Å²) >= 11 is 1.76. The lowest BCUT2D eigenvalue weighted by atomic mass is 9.73. The van der Waals surface area contributed by atoms with Gasteiger partial charge in [0.25, 0.3) is 0 Å². The molecule has 1 aliphatic carbocycles. The molecule has 1 spiro atoms. The third-order valence-corrected chi connectivity index (χ3v) is 7.79. The maximum Gasteiger partial charge on any atom is 0.155 e. The van der Waals surface area contributed by atoms with Crippen LogP contribution in [0.2, 0.25) is 0 Å². The van der Waals surface area contributed by atoms with Crippen molar-refractivity contribution in [1.29, 1.82) is 0 Å². The summed E-state index contributed by atoms with van der Waals surface area (Å²) in [4.78, 5) is 13.4. The Morgan fingerprint density at radius 2 is 1.93 bits per heavy atom. The van der Waals surface area contributed by atoms with Crippen molar-refractivity contribution in [3.63, 3.8) is 0 Å². The lowest BCUT2D eigenvalue weighted by Crippen LogP contribution is -2.45. The molecule has 0 radical (unpaired) electrons. The maximum absolute atomic E-state index is 6.66. The van der Waals surface area contributed by atoms with Gasteiger partial charge in [0.15, 0.2) is 5.82 Å². The van der Waals surface area contributed by atoms with E-state index < -0.39 is 0 Å². The number of rotatable bonds is 2. The molecule has 2 aliphatic rings. The minimum absolute atomic E-state index is 0.0611. The van der Waals surface area contributed by atoms with E-state index in [4.69, 9.17) is 10.7 Å². The highest BCUT2D eigenvalue weighted by molar-refractivity contribution is 7.09. The Kier molecular flexibility index (Phi) is 3.98. The molecule has 0 unspecified atom stereocenters. The molecule has 6 nitrogen and oxygen atoms in total. The first-order chi connectivity index (χ1) is 14.7. The first kappa shape index (κ1) is 18.0. The van der Waals surface area contributed by atoms with Crippen LogP contribution < -0.4 is 10.6 Å². The van der Waals surface area contributed by atoms with Gasteiger partial charge < -0.3 is 10.6 Å². The highest BCUT2D eigenvalue weighted by atomic mass is 32.1. The minimum atomic E-state index is 0.0611. The monoisotopic (exact) mass is 416 g/mol. The Balaban J connectivity index is 1.33. The fourth-order valence-corrected chi connectivity index (χ4v) is 6.23. The molecule has 1 aliphatic heterocycles. The van der Waals surface area contributed by atoms with Gasteiger partial charge in [-0.05, 0) is 37.7 Å². The largest absolute Gasteiger partial charge is 0.355 e. The Morgan fingerprint density at radius 1 is 1.13 bits per heavy atom. The maximum atomic E-state index is 6.66. The van der Waals surface area contributed by atoms with Gasteiger partial charge in [0.2, 0.25) is 0 Å². The molecule has 0 amide bonds. The Labute approximate surface area is 179 Å². The molecule has 3 aromatic heterocycles. The fraction of sp³-hybridized carbons (Fsp3) is 0.348. The Bertz CT molecular complexity index is 1220. The van der Waals surface area contributed by atoms with E-state index in [9.17, 15) is 0 Å². The third-order valence-electron chi connectivity index (χ3n) is 6.95. The van der Waals surface area contributed by atoms with Crippen LogP contribution in [-0.4, -0.2) is 32.7 Å². The van der Waals surface area contributed by atoms with Gasteiger partial charge in [-0.15, -0.1) is 11.3 Å². The summed E-state index contributed by atoms with van der Waals surface area (Å²) in [5.74, 6) is 1.03. The number of benzene rings is 1. The number of nitrogens with two attached hydrogens (primary N) is 1. The summed E-state index contributed by atoms with van der Waals surface area (Å²) < 4.78 is 2.04. The number of aromatic nitrogens is 4. The standard InChI is InChI=1S/C23H24N6S/c1-15-20(16-5-3-2-4-6-16)29-17(7-10-26-29)22(27-15)28-11-8-23(9-12-28)13-18-19(21(23)24)25-14-30-18/h2-7,10,14,21H,8-9,11-13,24H2,1H3/t21-/m1/s1. The first-order valence-electron chi connectivity index (χ1n) is 10.5. The predicted molar refractivity (Wildman–Crippen MR) is 120 cm³/mol. The summed E-state index contributed by atoms with van der Waals surface area (Å²) in [6.45, 7) is 4.00. The van der Waals surface area contributed by atoms with E-state index in [-0.39, 0.29) is 11.5 Å². The Morgan fingerprint density at radius 3 is 2.70 bits per heavy atom. The van der Waals surface area contributed by atoms with Gasteiger partial charge in [0, 0.05) is 23.5 Å². The molecule has 2 N–H and O–H groups in total. The van der Waals surface area contributed by atoms with Crippen LogP contribution in [-0.2, 0) is 6.42 Å². The second-order valence-corrected chi connectivity index (χ2v) is 9.47. The van der Waals surface area contributed by atoms with E-state index in [1.54, 1.807) is 11.3 Å². The van der Waals surface area contributed by atoms with Crippen molar-refractivity contribution in [1.82, 2.24) is 19.6 Å². The summed E-state index contributed by atoms with van der Waals surface area (Å²) in [7, 11) is 0. The highest BCUT2D eigenvalue weighted by Gasteiger charge is 2.47. The summed E-state index contributed by atoms with van der Waals surface area (Å²) in [6, 6.07) is 12.5. The predicted octanol–water partition coefficient (Wildman–Crippen LogP) is 4.00. The zero-order valence-corrected chi connectivity index (χ0v) is 17.8. The van der Waals surface area contributed by atoms with Crippen LogP contribution in [0.3, 0.4) is 0 Å². The van der Waals surface area contributed by atoms with Gasteiger partial charge in [-0.1, -0.05) is 30.3 Å². The molecule has 1 atom stereocenters. The minimum Gasteiger partial charge on any atom is -0.355 e. The van der Waals surface area contributed by atoms with Gasteiger partial charge in [-0.3, -0.25) is 0 Å². The number of hydrogen-bond acceptors (Lipinski definition) is 6. The highest BCUT2D eigenvalue weighted by Crippen LogP contribution is 2.51. The van der Waals surface area contributed by atoms with Crippen molar-refractivity contribution >= 4 is 22.7 Å². The molecular formula is C23H24N6S. The summed E-state index contributed by atoms with van der Waals surface area (Å²) in [5, 5.41) is 4.64. The van der Waals surface area contributed by atoms with E-state index in [2.05, 4.69) is 52.2 Å². The van der Waals surface area contributed by atoms with Crippen LogP contribution in [0.15, 0.2) is 48.1 Å². The van der Waals surface area contributed by atoms with Crippen LogP contribution in [0, 0.1) is 12.3 Å². The SMILES string of the molecule is Cc1nc(N2CCC3(CC2)Cc2scnc2[C@H]3N)c2ccnn2c1-c1ccccc1. The molecule has 1 aromatic carbocycles. The van der Waals surface area contributed by atoms with Crippen LogP contribution >= 0.6 is 11.3 Å². The number of aryl methyl sites for hydroxylation is 1. The molecule has 0 bridgehead atoms. The van der Waals surface area contributed by atoms with Crippen LogP contribution in [0.25, 0.3) is 16.8 Å². The smallest absolute Gasteiger partial charge is 0.155 e. The zero-order valence-electron chi connectivity index (χ0n) is 17.0. The van der Waals surface area contributed by atoms with Crippen molar-refractivity contribution < 1.29 is 0 Å².